The average Bonchev–Trinajstić information content (AvgIpc) is 2.74. The van der Waals surface area contributed by atoms with Gasteiger partial charge in [-0.15, -0.1) is 0 Å². The fraction of sp³-hybridized carbons (Fsp3) is 0.208. The molecule has 0 atom stereocenters. The van der Waals surface area contributed by atoms with E-state index < -0.39 is 10.0 Å². The Morgan fingerprint density at radius 3 is 2.29 bits per heavy atom. The highest BCUT2D eigenvalue weighted by Crippen LogP contribution is 2.21. The van der Waals surface area contributed by atoms with Crippen LogP contribution in [0.25, 0.3) is 0 Å². The van der Waals surface area contributed by atoms with Crippen LogP contribution in [0.3, 0.4) is 0 Å². The Balaban J connectivity index is 1.68. The van der Waals surface area contributed by atoms with Gasteiger partial charge in [-0.2, -0.15) is 0 Å². The number of carbonyl (C=O) groups is 1. The fourth-order valence-corrected chi connectivity index (χ4v) is 4.06. The molecule has 3 aromatic rings. The van der Waals surface area contributed by atoms with Gasteiger partial charge in [0.2, 0.25) is 0 Å². The largest absolute Gasteiger partial charge is 0.491 e. The summed E-state index contributed by atoms with van der Waals surface area (Å²) in [7, 11) is -3.74. The maximum atomic E-state index is 12.6. The molecule has 162 valence electrons. The zero-order chi connectivity index (χ0) is 22.4. The zero-order valence-corrected chi connectivity index (χ0v) is 18.6. The Hall–Kier alpha value is -3.32. The molecule has 3 rings (SSSR count). The Labute approximate surface area is 183 Å². The molecule has 0 unspecified atom stereocenters. The SMILES string of the molecule is Cc1ccc(C(=O)NCc2ccc(OC(C)C)cc2)cc1NS(=O)(=O)c1ccccc1. The third-order valence-corrected chi connectivity index (χ3v) is 5.93. The molecule has 7 heteroatoms. The highest BCUT2D eigenvalue weighted by molar-refractivity contribution is 7.92. The number of rotatable bonds is 8. The van der Waals surface area contributed by atoms with Crippen LogP contribution in [0.4, 0.5) is 5.69 Å². The molecule has 0 fully saturated rings. The highest BCUT2D eigenvalue weighted by Gasteiger charge is 2.16. The molecular weight excluding hydrogens is 412 g/mol. The van der Waals surface area contributed by atoms with Gasteiger partial charge in [0.15, 0.2) is 0 Å². The van der Waals surface area contributed by atoms with E-state index >= 15 is 0 Å². The lowest BCUT2D eigenvalue weighted by Gasteiger charge is -2.13. The molecular formula is C24H26N2O4S. The first-order chi connectivity index (χ1) is 14.7. The first-order valence-corrected chi connectivity index (χ1v) is 11.5. The molecule has 3 aromatic carbocycles. The van der Waals surface area contributed by atoms with E-state index in [2.05, 4.69) is 10.0 Å². The number of amides is 1. The van der Waals surface area contributed by atoms with E-state index in [9.17, 15) is 13.2 Å². The molecule has 0 saturated carbocycles. The van der Waals surface area contributed by atoms with Gasteiger partial charge in [0.25, 0.3) is 15.9 Å². The molecule has 0 aliphatic heterocycles. The minimum atomic E-state index is -3.74. The second-order valence-electron chi connectivity index (χ2n) is 7.44. The normalized spacial score (nSPS) is 11.2. The van der Waals surface area contributed by atoms with Crippen LogP contribution in [0, 0.1) is 6.92 Å². The van der Waals surface area contributed by atoms with E-state index in [1.807, 2.05) is 38.1 Å². The molecule has 1 amide bonds. The van der Waals surface area contributed by atoms with Crippen molar-refractivity contribution in [2.45, 2.75) is 38.3 Å². The average molecular weight is 439 g/mol. The summed E-state index contributed by atoms with van der Waals surface area (Å²) in [6, 6.07) is 20.6. The van der Waals surface area contributed by atoms with Crippen LogP contribution < -0.4 is 14.8 Å². The maximum absolute atomic E-state index is 12.6. The number of sulfonamides is 1. The molecule has 0 aromatic heterocycles. The number of nitrogens with one attached hydrogen (secondary N) is 2. The Kier molecular flexibility index (Phi) is 6.97. The van der Waals surface area contributed by atoms with Crippen molar-refractivity contribution in [2.24, 2.45) is 0 Å². The van der Waals surface area contributed by atoms with Gasteiger partial charge in [-0.05, 0) is 68.3 Å². The number of benzene rings is 3. The standard InChI is InChI=1S/C24H26N2O4S/c1-17(2)30-21-13-10-19(11-14-21)16-25-24(27)20-12-9-18(3)23(15-20)26-31(28,29)22-7-5-4-6-8-22/h4-15,17,26H,16H2,1-3H3,(H,25,27). The molecule has 0 radical (unpaired) electrons. The van der Waals surface area contributed by atoms with Gasteiger partial charge in [-0.25, -0.2) is 8.42 Å². The summed E-state index contributed by atoms with van der Waals surface area (Å²) in [6.45, 7) is 6.05. The van der Waals surface area contributed by atoms with Crippen molar-refractivity contribution in [1.29, 1.82) is 0 Å². The summed E-state index contributed by atoms with van der Waals surface area (Å²) >= 11 is 0. The highest BCUT2D eigenvalue weighted by atomic mass is 32.2. The van der Waals surface area contributed by atoms with Crippen molar-refractivity contribution in [3.8, 4) is 5.75 Å². The first kappa shape index (κ1) is 22.4. The van der Waals surface area contributed by atoms with Crippen molar-refractivity contribution in [2.75, 3.05) is 4.72 Å². The van der Waals surface area contributed by atoms with Gasteiger partial charge in [0.05, 0.1) is 16.7 Å². The van der Waals surface area contributed by atoms with Crippen LogP contribution in [0.15, 0.2) is 77.7 Å². The Morgan fingerprint density at radius 2 is 1.65 bits per heavy atom. The van der Waals surface area contributed by atoms with Gasteiger partial charge < -0.3 is 10.1 Å². The molecule has 0 spiro atoms. The summed E-state index contributed by atoms with van der Waals surface area (Å²) in [5.41, 5.74) is 2.39. The van der Waals surface area contributed by atoms with Crippen LogP contribution in [-0.2, 0) is 16.6 Å². The van der Waals surface area contributed by atoms with Crippen molar-refractivity contribution in [3.63, 3.8) is 0 Å². The Morgan fingerprint density at radius 1 is 0.968 bits per heavy atom. The molecule has 0 heterocycles. The van der Waals surface area contributed by atoms with Crippen LogP contribution in [0.5, 0.6) is 5.75 Å². The van der Waals surface area contributed by atoms with Crippen molar-refractivity contribution in [3.05, 3.63) is 89.5 Å². The van der Waals surface area contributed by atoms with E-state index in [1.54, 1.807) is 43.3 Å². The van der Waals surface area contributed by atoms with E-state index in [1.165, 1.54) is 12.1 Å². The quantitative estimate of drug-likeness (QED) is 0.542. The third kappa shape index (κ3) is 6.08. The number of aryl methyl sites for hydroxylation is 1. The summed E-state index contributed by atoms with van der Waals surface area (Å²) in [5, 5.41) is 2.86. The van der Waals surface area contributed by atoms with Crippen LogP contribution in [-0.4, -0.2) is 20.4 Å². The summed E-state index contributed by atoms with van der Waals surface area (Å²) in [6.07, 6.45) is 0.0978. The van der Waals surface area contributed by atoms with E-state index in [4.69, 9.17) is 4.74 Å². The Bertz CT molecular complexity index is 1140. The van der Waals surface area contributed by atoms with E-state index in [0.29, 0.717) is 17.8 Å². The maximum Gasteiger partial charge on any atom is 0.261 e. The molecule has 6 nitrogen and oxygen atoms in total. The smallest absolute Gasteiger partial charge is 0.261 e. The third-order valence-electron chi connectivity index (χ3n) is 4.55. The van der Waals surface area contributed by atoms with Gasteiger partial charge in [-0.1, -0.05) is 36.4 Å². The van der Waals surface area contributed by atoms with Crippen molar-refractivity contribution in [1.82, 2.24) is 5.32 Å². The van der Waals surface area contributed by atoms with Crippen LogP contribution >= 0.6 is 0 Å². The summed E-state index contributed by atoms with van der Waals surface area (Å²) < 4.78 is 33.4. The lowest BCUT2D eigenvalue weighted by Crippen LogP contribution is -2.23. The van der Waals surface area contributed by atoms with Crippen LogP contribution in [0.2, 0.25) is 0 Å². The van der Waals surface area contributed by atoms with Crippen molar-refractivity contribution >= 4 is 21.6 Å². The minimum Gasteiger partial charge on any atom is -0.491 e. The number of hydrogen-bond acceptors (Lipinski definition) is 4. The predicted octanol–water partition coefficient (Wildman–Crippen LogP) is 4.51. The van der Waals surface area contributed by atoms with Gasteiger partial charge >= 0.3 is 0 Å². The lowest BCUT2D eigenvalue weighted by atomic mass is 10.1. The van der Waals surface area contributed by atoms with E-state index in [-0.39, 0.29) is 16.9 Å². The number of carbonyl (C=O) groups excluding carboxylic acids is 1. The molecule has 0 bridgehead atoms. The van der Waals surface area contributed by atoms with E-state index in [0.717, 1.165) is 16.9 Å². The minimum absolute atomic E-state index is 0.0978. The molecule has 0 aliphatic carbocycles. The monoisotopic (exact) mass is 438 g/mol. The molecule has 31 heavy (non-hydrogen) atoms. The number of ether oxygens (including phenoxy) is 1. The lowest BCUT2D eigenvalue weighted by molar-refractivity contribution is 0.0951. The van der Waals surface area contributed by atoms with Crippen LogP contribution in [0.1, 0.15) is 35.3 Å². The van der Waals surface area contributed by atoms with Gasteiger partial charge in [0.1, 0.15) is 5.75 Å². The second-order valence-corrected chi connectivity index (χ2v) is 9.12. The second kappa shape index (κ2) is 9.66. The summed E-state index contributed by atoms with van der Waals surface area (Å²) in [5.74, 6) is 0.488. The number of hydrogen-bond donors (Lipinski definition) is 2. The topological polar surface area (TPSA) is 84.5 Å². The first-order valence-electron chi connectivity index (χ1n) is 9.97. The summed E-state index contributed by atoms with van der Waals surface area (Å²) in [4.78, 5) is 12.8. The van der Waals surface area contributed by atoms with Gasteiger partial charge in [-0.3, -0.25) is 9.52 Å². The molecule has 2 N–H and O–H groups in total. The van der Waals surface area contributed by atoms with Crippen molar-refractivity contribution < 1.29 is 17.9 Å². The zero-order valence-electron chi connectivity index (χ0n) is 17.8. The fourth-order valence-electron chi connectivity index (χ4n) is 2.92. The molecule has 0 saturated heterocycles. The van der Waals surface area contributed by atoms with Gasteiger partial charge in [0, 0.05) is 12.1 Å². The number of anilines is 1. The molecule has 0 aliphatic rings. The predicted molar refractivity (Wildman–Crippen MR) is 122 cm³/mol.